The van der Waals surface area contributed by atoms with E-state index in [1.807, 2.05) is 15.6 Å². The van der Waals surface area contributed by atoms with Gasteiger partial charge in [-0.3, -0.25) is 4.98 Å². The zero-order chi connectivity index (χ0) is 25.3. The highest BCUT2D eigenvalue weighted by molar-refractivity contribution is 5.79. The molecule has 0 aromatic carbocycles. The molecule has 2 fully saturated rings. The third-order valence-electron chi connectivity index (χ3n) is 8.36. The predicted octanol–water partition coefficient (Wildman–Crippen LogP) is 5.09. The average Bonchev–Trinajstić information content (AvgIpc) is 3.34. The van der Waals surface area contributed by atoms with Crippen LogP contribution in [0.1, 0.15) is 52.0 Å². The number of aromatic nitrogens is 3. The van der Waals surface area contributed by atoms with E-state index >= 15 is 0 Å². The molecule has 0 saturated carbocycles. The van der Waals surface area contributed by atoms with Gasteiger partial charge >= 0.3 is 0 Å². The van der Waals surface area contributed by atoms with Gasteiger partial charge in [0.05, 0.1) is 16.9 Å². The van der Waals surface area contributed by atoms with Gasteiger partial charge in [0, 0.05) is 56.4 Å². The van der Waals surface area contributed by atoms with Gasteiger partial charge in [-0.25, -0.2) is 4.52 Å². The molecule has 3 aromatic rings. The van der Waals surface area contributed by atoms with Crippen LogP contribution in [0.2, 0.25) is 0 Å². The highest BCUT2D eigenvalue weighted by atomic mass is 16.3. The Morgan fingerprint density at radius 3 is 2.44 bits per heavy atom. The van der Waals surface area contributed by atoms with Crippen molar-refractivity contribution in [2.24, 2.45) is 0 Å². The summed E-state index contributed by atoms with van der Waals surface area (Å²) in [6.07, 6.45) is 10.9. The van der Waals surface area contributed by atoms with Crippen LogP contribution in [0.3, 0.4) is 0 Å². The number of pyridine rings is 1. The van der Waals surface area contributed by atoms with Crippen molar-refractivity contribution in [3.63, 3.8) is 0 Å². The quantitative estimate of drug-likeness (QED) is 0.468. The van der Waals surface area contributed by atoms with Crippen LogP contribution in [0.4, 0.5) is 5.69 Å². The van der Waals surface area contributed by atoms with Crippen molar-refractivity contribution in [1.29, 1.82) is 0 Å². The number of aliphatic hydroxyl groups excluding tert-OH is 1. The molecular formula is C29H40N6O. The third-order valence-corrected chi connectivity index (χ3v) is 8.36. The monoisotopic (exact) mass is 488 g/mol. The Morgan fingerprint density at radius 2 is 1.83 bits per heavy atom. The minimum Gasteiger partial charge on any atom is -0.495 e. The standard InChI is InChI=1S/C29H40N6O/c1-5-9-29(10-13-32(14-11-29)22(2)3)25-6-7-26(30-20-25)24-19-28-27(8-12-31-35(28)21-24)34-17-15-33(16-18-34)23(4)36/h6-8,12,19-22,36H,4-5,9-11,13-18H2,1-3H3. The topological polar surface area (TPSA) is 60.1 Å². The molecule has 192 valence electrons. The van der Waals surface area contributed by atoms with Gasteiger partial charge in [-0.2, -0.15) is 5.10 Å². The van der Waals surface area contributed by atoms with Crippen molar-refractivity contribution >= 4 is 11.2 Å². The predicted molar refractivity (Wildman–Crippen MR) is 147 cm³/mol. The summed E-state index contributed by atoms with van der Waals surface area (Å²) in [5, 5.41) is 14.3. The van der Waals surface area contributed by atoms with E-state index in [1.165, 1.54) is 44.3 Å². The number of aliphatic hydroxyl groups is 1. The summed E-state index contributed by atoms with van der Waals surface area (Å²) in [4.78, 5) is 11.8. The molecule has 0 spiro atoms. The van der Waals surface area contributed by atoms with Crippen molar-refractivity contribution in [1.82, 2.24) is 24.4 Å². The first kappa shape index (κ1) is 24.6. The van der Waals surface area contributed by atoms with Gasteiger partial charge in [-0.05, 0) is 82.0 Å². The Labute approximate surface area is 215 Å². The molecule has 2 aliphatic heterocycles. The molecule has 7 nitrogen and oxygen atoms in total. The fourth-order valence-corrected chi connectivity index (χ4v) is 6.12. The summed E-state index contributed by atoms with van der Waals surface area (Å²) in [7, 11) is 0. The maximum atomic E-state index is 9.71. The minimum atomic E-state index is 0.153. The summed E-state index contributed by atoms with van der Waals surface area (Å²) < 4.78 is 1.96. The van der Waals surface area contributed by atoms with E-state index in [-0.39, 0.29) is 11.3 Å². The molecule has 0 radical (unpaired) electrons. The molecule has 0 aliphatic carbocycles. The number of nitrogens with zero attached hydrogens (tertiary/aromatic N) is 6. The van der Waals surface area contributed by atoms with Crippen molar-refractivity contribution < 1.29 is 5.11 Å². The number of fused-ring (bicyclic) bond motifs is 1. The maximum absolute atomic E-state index is 9.71. The fourth-order valence-electron chi connectivity index (χ4n) is 6.12. The van der Waals surface area contributed by atoms with Crippen molar-refractivity contribution in [3.8, 4) is 11.3 Å². The maximum Gasteiger partial charge on any atom is 0.179 e. The van der Waals surface area contributed by atoms with Crippen LogP contribution in [0, 0.1) is 0 Å². The summed E-state index contributed by atoms with van der Waals surface area (Å²) in [6, 6.07) is 9.41. The van der Waals surface area contributed by atoms with E-state index in [0.29, 0.717) is 6.04 Å². The van der Waals surface area contributed by atoms with Crippen molar-refractivity contribution in [3.05, 3.63) is 60.9 Å². The van der Waals surface area contributed by atoms with Gasteiger partial charge in [0.1, 0.15) is 0 Å². The summed E-state index contributed by atoms with van der Waals surface area (Å²) in [6.45, 7) is 16.1. The van der Waals surface area contributed by atoms with Crippen LogP contribution in [0.15, 0.2) is 55.3 Å². The molecule has 0 atom stereocenters. The molecular weight excluding hydrogens is 448 g/mol. The van der Waals surface area contributed by atoms with Crippen LogP contribution in [0.25, 0.3) is 16.8 Å². The van der Waals surface area contributed by atoms with Crippen molar-refractivity contribution in [2.75, 3.05) is 44.2 Å². The zero-order valence-corrected chi connectivity index (χ0v) is 22.0. The lowest BCUT2D eigenvalue weighted by atomic mass is 9.70. The molecule has 0 unspecified atom stereocenters. The number of hydrogen-bond donors (Lipinski definition) is 1. The number of rotatable bonds is 7. The molecule has 5 rings (SSSR count). The molecule has 0 bridgehead atoms. The number of piperidine rings is 1. The van der Waals surface area contributed by atoms with E-state index in [1.54, 1.807) is 0 Å². The third kappa shape index (κ3) is 4.69. The van der Waals surface area contributed by atoms with Crippen molar-refractivity contribution in [2.45, 2.75) is 57.9 Å². The largest absolute Gasteiger partial charge is 0.495 e. The highest BCUT2D eigenvalue weighted by Gasteiger charge is 2.36. The van der Waals surface area contributed by atoms with Crippen LogP contribution in [-0.2, 0) is 5.41 Å². The van der Waals surface area contributed by atoms with E-state index in [9.17, 15) is 5.11 Å². The van der Waals surface area contributed by atoms with E-state index < -0.39 is 0 Å². The van der Waals surface area contributed by atoms with Crippen LogP contribution in [0.5, 0.6) is 0 Å². The number of piperazine rings is 1. The SMILES string of the molecule is C=C(O)N1CCN(c2ccnn3cc(-c4ccc(C5(CCC)CCN(C(C)C)CC5)cn4)cc23)CC1. The van der Waals surface area contributed by atoms with E-state index in [4.69, 9.17) is 4.98 Å². The number of anilines is 1. The Kier molecular flexibility index (Phi) is 6.93. The lowest BCUT2D eigenvalue weighted by Crippen LogP contribution is -2.45. The second kappa shape index (κ2) is 10.1. The Balaban J connectivity index is 1.37. The second-order valence-corrected chi connectivity index (χ2v) is 10.8. The molecule has 36 heavy (non-hydrogen) atoms. The first-order chi connectivity index (χ1) is 17.4. The molecule has 7 heteroatoms. The smallest absolute Gasteiger partial charge is 0.179 e. The second-order valence-electron chi connectivity index (χ2n) is 10.8. The number of likely N-dealkylation sites (tertiary alicyclic amines) is 1. The lowest BCUT2D eigenvalue weighted by molar-refractivity contribution is 0.123. The van der Waals surface area contributed by atoms with Crippen LogP contribution in [-0.4, -0.2) is 74.8 Å². The van der Waals surface area contributed by atoms with Gasteiger partial charge in [-0.15, -0.1) is 0 Å². The normalized spacial score (nSPS) is 18.8. The summed E-state index contributed by atoms with van der Waals surface area (Å²) in [5.74, 6) is 0.153. The zero-order valence-electron chi connectivity index (χ0n) is 22.0. The molecule has 2 saturated heterocycles. The van der Waals surface area contributed by atoms with Crippen LogP contribution < -0.4 is 4.90 Å². The van der Waals surface area contributed by atoms with Gasteiger partial charge < -0.3 is 19.8 Å². The minimum absolute atomic E-state index is 0.153. The molecule has 2 aliphatic rings. The van der Waals surface area contributed by atoms with E-state index in [0.717, 1.165) is 48.6 Å². The van der Waals surface area contributed by atoms with E-state index in [2.05, 4.69) is 78.9 Å². The Hall–Kier alpha value is -3.06. The van der Waals surface area contributed by atoms with Gasteiger partial charge in [0.15, 0.2) is 5.88 Å². The first-order valence-corrected chi connectivity index (χ1v) is 13.5. The molecule has 1 N–H and O–H groups in total. The van der Waals surface area contributed by atoms with Gasteiger partial charge in [0.25, 0.3) is 0 Å². The fraction of sp³-hybridized carbons (Fsp3) is 0.517. The first-order valence-electron chi connectivity index (χ1n) is 13.5. The average molecular weight is 489 g/mol. The summed E-state index contributed by atoms with van der Waals surface area (Å²) in [5.41, 5.74) is 5.95. The Morgan fingerprint density at radius 1 is 1.08 bits per heavy atom. The van der Waals surface area contributed by atoms with Gasteiger partial charge in [0.2, 0.25) is 0 Å². The highest BCUT2D eigenvalue weighted by Crippen LogP contribution is 2.40. The van der Waals surface area contributed by atoms with Gasteiger partial charge in [-0.1, -0.05) is 19.4 Å². The molecule has 5 heterocycles. The molecule has 3 aromatic heterocycles. The lowest BCUT2D eigenvalue weighted by Gasteiger charge is -2.43. The Bertz CT molecular complexity index is 1180. The molecule has 0 amide bonds. The van der Waals surface area contributed by atoms with Crippen LogP contribution >= 0.6 is 0 Å². The number of hydrogen-bond acceptors (Lipinski definition) is 6. The summed E-state index contributed by atoms with van der Waals surface area (Å²) >= 11 is 0.